The minimum absolute atomic E-state index is 0.0489. The summed E-state index contributed by atoms with van der Waals surface area (Å²) in [5.41, 5.74) is 6.08. The average molecular weight is 314 g/mol. The molecule has 0 saturated heterocycles. The standard InChI is InChI=1S/C13H15FN2O2S2/c1-9-13(6-12(7-15)19-9)20(17,18)16-8-10-3-2-4-11(14)5-10/h2-6,16H,7-8,15H2,1H3. The number of halogens is 1. The third kappa shape index (κ3) is 3.43. The summed E-state index contributed by atoms with van der Waals surface area (Å²) in [6.45, 7) is 2.10. The van der Waals surface area contributed by atoms with Crippen LogP contribution in [0.2, 0.25) is 0 Å². The smallest absolute Gasteiger partial charge is 0.241 e. The molecule has 0 fully saturated rings. The fourth-order valence-electron chi connectivity index (χ4n) is 1.79. The van der Waals surface area contributed by atoms with Crippen LogP contribution in [-0.4, -0.2) is 8.42 Å². The number of hydrogen-bond acceptors (Lipinski definition) is 4. The third-order valence-corrected chi connectivity index (χ3v) is 5.50. The summed E-state index contributed by atoms with van der Waals surface area (Å²) >= 11 is 1.36. The highest BCUT2D eigenvalue weighted by Gasteiger charge is 2.19. The Balaban J connectivity index is 2.17. The lowest BCUT2D eigenvalue weighted by Gasteiger charge is -2.06. The maximum atomic E-state index is 13.0. The van der Waals surface area contributed by atoms with Gasteiger partial charge in [-0.25, -0.2) is 17.5 Å². The van der Waals surface area contributed by atoms with Crippen LogP contribution in [-0.2, 0) is 23.1 Å². The summed E-state index contributed by atoms with van der Waals surface area (Å²) in [5, 5.41) is 0. The maximum absolute atomic E-state index is 13.0. The van der Waals surface area contributed by atoms with Crippen LogP contribution in [0, 0.1) is 12.7 Å². The van der Waals surface area contributed by atoms with Crippen molar-refractivity contribution < 1.29 is 12.8 Å². The molecule has 1 aromatic heterocycles. The summed E-state index contributed by atoms with van der Waals surface area (Å²) in [7, 11) is -3.61. The third-order valence-electron chi connectivity index (χ3n) is 2.77. The summed E-state index contributed by atoms with van der Waals surface area (Å²) in [4.78, 5) is 1.74. The molecule has 0 aliphatic heterocycles. The Labute approximate surface area is 121 Å². The highest BCUT2D eigenvalue weighted by molar-refractivity contribution is 7.89. The van der Waals surface area contributed by atoms with Gasteiger partial charge in [0.15, 0.2) is 0 Å². The molecular weight excluding hydrogens is 299 g/mol. The van der Waals surface area contributed by atoms with Gasteiger partial charge in [-0.1, -0.05) is 12.1 Å². The number of aryl methyl sites for hydroxylation is 1. The molecule has 0 aliphatic rings. The maximum Gasteiger partial charge on any atom is 0.241 e. The molecule has 0 saturated carbocycles. The van der Waals surface area contributed by atoms with Gasteiger partial charge >= 0.3 is 0 Å². The van der Waals surface area contributed by atoms with Crippen molar-refractivity contribution in [1.29, 1.82) is 0 Å². The Morgan fingerprint density at radius 3 is 2.70 bits per heavy atom. The van der Waals surface area contributed by atoms with Crippen molar-refractivity contribution in [3.8, 4) is 0 Å². The minimum atomic E-state index is -3.61. The molecule has 0 radical (unpaired) electrons. The molecule has 2 rings (SSSR count). The van der Waals surface area contributed by atoms with E-state index in [4.69, 9.17) is 5.73 Å². The van der Waals surface area contributed by atoms with E-state index in [0.717, 1.165) is 4.88 Å². The quantitative estimate of drug-likeness (QED) is 0.888. The predicted molar refractivity (Wildman–Crippen MR) is 77.4 cm³/mol. The Bertz CT molecular complexity index is 711. The van der Waals surface area contributed by atoms with E-state index in [0.29, 0.717) is 17.0 Å². The monoisotopic (exact) mass is 314 g/mol. The van der Waals surface area contributed by atoms with Gasteiger partial charge < -0.3 is 5.73 Å². The van der Waals surface area contributed by atoms with E-state index in [2.05, 4.69) is 4.72 Å². The molecule has 7 heteroatoms. The number of benzene rings is 1. The molecule has 3 N–H and O–H groups in total. The molecule has 0 amide bonds. The van der Waals surface area contributed by atoms with Crippen LogP contribution in [0.25, 0.3) is 0 Å². The first-order valence-corrected chi connectivity index (χ1v) is 8.26. The zero-order chi connectivity index (χ0) is 14.8. The van der Waals surface area contributed by atoms with Gasteiger partial charge in [0.1, 0.15) is 5.82 Å². The van der Waals surface area contributed by atoms with E-state index in [-0.39, 0.29) is 17.3 Å². The Morgan fingerprint density at radius 2 is 2.10 bits per heavy atom. The van der Waals surface area contributed by atoms with E-state index >= 15 is 0 Å². The first-order valence-electron chi connectivity index (χ1n) is 5.96. The van der Waals surface area contributed by atoms with Crippen LogP contribution in [0.5, 0.6) is 0 Å². The number of nitrogens with one attached hydrogen (secondary N) is 1. The minimum Gasteiger partial charge on any atom is -0.326 e. The van der Waals surface area contributed by atoms with E-state index in [1.807, 2.05) is 0 Å². The Hall–Kier alpha value is -1.28. The second kappa shape index (κ2) is 6.01. The summed E-state index contributed by atoms with van der Waals surface area (Å²) in [6, 6.07) is 7.40. The summed E-state index contributed by atoms with van der Waals surface area (Å²) in [5.74, 6) is -0.390. The van der Waals surface area contributed by atoms with Crippen LogP contribution in [0.3, 0.4) is 0 Å². The summed E-state index contributed by atoms with van der Waals surface area (Å²) < 4.78 is 39.9. The highest BCUT2D eigenvalue weighted by Crippen LogP contribution is 2.25. The molecule has 0 spiro atoms. The van der Waals surface area contributed by atoms with Crippen LogP contribution >= 0.6 is 11.3 Å². The van der Waals surface area contributed by atoms with E-state index in [1.54, 1.807) is 25.1 Å². The number of thiophene rings is 1. The average Bonchev–Trinajstić information content (AvgIpc) is 2.79. The van der Waals surface area contributed by atoms with E-state index in [9.17, 15) is 12.8 Å². The molecule has 2 aromatic rings. The lowest BCUT2D eigenvalue weighted by atomic mass is 10.2. The van der Waals surface area contributed by atoms with Crippen LogP contribution < -0.4 is 10.5 Å². The second-order valence-corrected chi connectivity index (χ2v) is 7.37. The van der Waals surface area contributed by atoms with Crippen molar-refractivity contribution in [2.24, 2.45) is 5.73 Å². The molecule has 1 heterocycles. The molecule has 0 unspecified atom stereocenters. The number of hydrogen-bond donors (Lipinski definition) is 2. The van der Waals surface area contributed by atoms with Crippen molar-refractivity contribution in [2.45, 2.75) is 24.9 Å². The molecule has 108 valence electrons. The second-order valence-electron chi connectivity index (χ2n) is 4.29. The largest absolute Gasteiger partial charge is 0.326 e. The molecule has 4 nitrogen and oxygen atoms in total. The SMILES string of the molecule is Cc1sc(CN)cc1S(=O)(=O)NCc1cccc(F)c1. The fraction of sp³-hybridized carbons (Fsp3) is 0.231. The normalized spacial score (nSPS) is 11.8. The molecular formula is C13H15FN2O2S2. The van der Waals surface area contributed by atoms with Crippen LogP contribution in [0.1, 0.15) is 15.3 Å². The van der Waals surface area contributed by atoms with Gasteiger partial charge in [-0.15, -0.1) is 11.3 Å². The van der Waals surface area contributed by atoms with Crippen molar-refractivity contribution in [1.82, 2.24) is 4.72 Å². The topological polar surface area (TPSA) is 72.2 Å². The number of sulfonamides is 1. The van der Waals surface area contributed by atoms with Crippen molar-refractivity contribution in [3.05, 3.63) is 51.5 Å². The molecule has 1 aromatic carbocycles. The van der Waals surface area contributed by atoms with Crippen LogP contribution in [0.15, 0.2) is 35.2 Å². The van der Waals surface area contributed by atoms with Crippen molar-refractivity contribution in [3.63, 3.8) is 0 Å². The lowest BCUT2D eigenvalue weighted by molar-refractivity contribution is 0.580. The highest BCUT2D eigenvalue weighted by atomic mass is 32.2. The zero-order valence-electron chi connectivity index (χ0n) is 10.9. The summed E-state index contributed by atoms with van der Waals surface area (Å²) in [6.07, 6.45) is 0. The molecule has 20 heavy (non-hydrogen) atoms. The van der Waals surface area contributed by atoms with Gasteiger partial charge in [0.25, 0.3) is 0 Å². The molecule has 0 aliphatic carbocycles. The Morgan fingerprint density at radius 1 is 1.35 bits per heavy atom. The van der Waals surface area contributed by atoms with Gasteiger partial charge in [-0.2, -0.15) is 0 Å². The Kier molecular flexibility index (Phi) is 4.54. The zero-order valence-corrected chi connectivity index (χ0v) is 12.5. The predicted octanol–water partition coefficient (Wildman–Crippen LogP) is 2.13. The first-order chi connectivity index (χ1) is 9.42. The van der Waals surface area contributed by atoms with Gasteiger partial charge in [0, 0.05) is 22.8 Å². The molecule has 0 bridgehead atoms. The van der Waals surface area contributed by atoms with Crippen molar-refractivity contribution >= 4 is 21.4 Å². The van der Waals surface area contributed by atoms with Crippen LogP contribution in [0.4, 0.5) is 4.39 Å². The first kappa shape index (κ1) is 15.1. The fourth-order valence-corrected chi connectivity index (χ4v) is 4.32. The number of rotatable bonds is 5. The van der Waals surface area contributed by atoms with E-state index in [1.165, 1.54) is 23.5 Å². The van der Waals surface area contributed by atoms with Crippen molar-refractivity contribution in [2.75, 3.05) is 0 Å². The molecule has 0 atom stereocenters. The lowest BCUT2D eigenvalue weighted by Crippen LogP contribution is -2.23. The number of nitrogens with two attached hydrogens (primary N) is 1. The van der Waals surface area contributed by atoms with E-state index < -0.39 is 10.0 Å². The van der Waals surface area contributed by atoms with Gasteiger partial charge in [0.2, 0.25) is 10.0 Å². The van der Waals surface area contributed by atoms with Gasteiger partial charge in [-0.3, -0.25) is 0 Å². The van der Waals surface area contributed by atoms with Gasteiger partial charge in [-0.05, 0) is 30.7 Å². The van der Waals surface area contributed by atoms with Gasteiger partial charge in [0.05, 0.1) is 4.90 Å².